The molecule has 1 saturated heterocycles. The Morgan fingerprint density at radius 2 is 2.06 bits per heavy atom. The van der Waals surface area contributed by atoms with E-state index in [0.717, 1.165) is 30.7 Å². The highest BCUT2D eigenvalue weighted by Crippen LogP contribution is 2.27. The van der Waals surface area contributed by atoms with Gasteiger partial charge < -0.3 is 5.32 Å². The van der Waals surface area contributed by atoms with Crippen molar-refractivity contribution >= 4 is 21.4 Å². The van der Waals surface area contributed by atoms with Crippen molar-refractivity contribution in [2.24, 2.45) is 0 Å². The van der Waals surface area contributed by atoms with E-state index >= 15 is 0 Å². The van der Waals surface area contributed by atoms with E-state index in [2.05, 4.69) is 5.32 Å². The summed E-state index contributed by atoms with van der Waals surface area (Å²) in [6.45, 7) is 4.84. The van der Waals surface area contributed by atoms with Crippen LogP contribution in [0.25, 0.3) is 0 Å². The molecular weight excluding hydrogens is 268 g/mol. The average molecular weight is 288 g/mol. The number of hydrogen-bond acceptors (Lipinski definition) is 4. The molecule has 0 atom stereocenters. The van der Waals surface area contributed by atoms with Crippen molar-refractivity contribution in [3.05, 3.63) is 16.3 Å². The molecule has 1 N–H and O–H groups in total. The molecule has 1 aliphatic rings. The first-order chi connectivity index (χ1) is 8.66. The van der Waals surface area contributed by atoms with Gasteiger partial charge >= 0.3 is 0 Å². The summed E-state index contributed by atoms with van der Waals surface area (Å²) in [4.78, 5) is 1.41. The summed E-state index contributed by atoms with van der Waals surface area (Å²) in [5.41, 5.74) is 0. The van der Waals surface area contributed by atoms with Crippen LogP contribution >= 0.6 is 11.3 Å². The Hall–Kier alpha value is -0.430. The third-order valence-electron chi connectivity index (χ3n) is 3.17. The Morgan fingerprint density at radius 1 is 1.33 bits per heavy atom. The molecule has 6 heteroatoms. The van der Waals surface area contributed by atoms with E-state index in [1.807, 2.05) is 12.3 Å². The minimum atomic E-state index is -3.28. The normalized spacial score (nSPS) is 18.1. The van der Waals surface area contributed by atoms with Gasteiger partial charge in [-0.15, -0.1) is 11.3 Å². The second kappa shape index (κ2) is 6.14. The van der Waals surface area contributed by atoms with Crippen LogP contribution in [0.2, 0.25) is 0 Å². The summed E-state index contributed by atoms with van der Waals surface area (Å²) < 4.78 is 26.7. The Balaban J connectivity index is 2.20. The van der Waals surface area contributed by atoms with Gasteiger partial charge in [-0.3, -0.25) is 0 Å². The number of piperidine rings is 1. The van der Waals surface area contributed by atoms with E-state index in [4.69, 9.17) is 0 Å². The Kier molecular flexibility index (Phi) is 4.77. The van der Waals surface area contributed by atoms with Crippen molar-refractivity contribution in [3.8, 4) is 0 Å². The number of nitrogens with one attached hydrogen (secondary N) is 1. The van der Waals surface area contributed by atoms with Crippen molar-refractivity contribution in [2.75, 3.05) is 19.6 Å². The molecule has 0 aromatic carbocycles. The molecule has 102 valence electrons. The molecule has 0 unspecified atom stereocenters. The zero-order valence-corrected chi connectivity index (χ0v) is 12.3. The molecule has 0 aliphatic carbocycles. The predicted molar refractivity (Wildman–Crippen MR) is 74.3 cm³/mol. The topological polar surface area (TPSA) is 49.4 Å². The molecule has 1 aromatic rings. The van der Waals surface area contributed by atoms with Gasteiger partial charge in [0.2, 0.25) is 10.0 Å². The van der Waals surface area contributed by atoms with Crippen LogP contribution in [-0.2, 0) is 16.6 Å². The van der Waals surface area contributed by atoms with E-state index in [1.54, 1.807) is 10.4 Å². The fourth-order valence-corrected chi connectivity index (χ4v) is 5.07. The Labute approximate surface area is 113 Å². The number of sulfonamides is 1. The zero-order valence-electron chi connectivity index (χ0n) is 10.7. The van der Waals surface area contributed by atoms with E-state index in [1.165, 1.54) is 11.3 Å². The third-order valence-corrected chi connectivity index (χ3v) is 6.21. The molecule has 1 aliphatic heterocycles. The second-order valence-electron chi connectivity index (χ2n) is 4.45. The number of thiophene rings is 1. The number of hydrogen-bond donors (Lipinski definition) is 1. The zero-order chi connectivity index (χ0) is 13.0. The molecule has 0 bridgehead atoms. The summed E-state index contributed by atoms with van der Waals surface area (Å²) in [5.74, 6) is 0. The minimum Gasteiger partial charge on any atom is -0.312 e. The summed E-state index contributed by atoms with van der Waals surface area (Å²) in [6.07, 6.45) is 3.09. The molecule has 18 heavy (non-hydrogen) atoms. The molecule has 0 saturated carbocycles. The first kappa shape index (κ1) is 14.0. The molecule has 0 spiro atoms. The lowest BCUT2D eigenvalue weighted by Crippen LogP contribution is -2.36. The number of rotatable bonds is 5. The van der Waals surface area contributed by atoms with Crippen LogP contribution < -0.4 is 5.32 Å². The van der Waals surface area contributed by atoms with Crippen molar-refractivity contribution in [3.63, 3.8) is 0 Å². The predicted octanol–water partition coefficient (Wildman–Crippen LogP) is 2.03. The molecule has 2 heterocycles. The van der Waals surface area contributed by atoms with Gasteiger partial charge in [0, 0.05) is 24.5 Å². The van der Waals surface area contributed by atoms with Crippen molar-refractivity contribution < 1.29 is 8.42 Å². The van der Waals surface area contributed by atoms with Gasteiger partial charge in [0.1, 0.15) is 0 Å². The lowest BCUT2D eigenvalue weighted by Gasteiger charge is -2.26. The van der Waals surface area contributed by atoms with E-state index < -0.39 is 10.0 Å². The largest absolute Gasteiger partial charge is 0.312 e. The van der Waals surface area contributed by atoms with Gasteiger partial charge in [0.05, 0.1) is 4.90 Å². The van der Waals surface area contributed by atoms with Gasteiger partial charge in [-0.1, -0.05) is 13.3 Å². The second-order valence-corrected chi connectivity index (χ2v) is 7.36. The maximum absolute atomic E-state index is 12.5. The lowest BCUT2D eigenvalue weighted by molar-refractivity contribution is 0.346. The van der Waals surface area contributed by atoms with Crippen molar-refractivity contribution in [1.29, 1.82) is 0 Å². The highest BCUT2D eigenvalue weighted by molar-refractivity contribution is 7.89. The summed E-state index contributed by atoms with van der Waals surface area (Å²) in [6, 6.07) is 1.74. The molecule has 0 radical (unpaired) electrons. The first-order valence-corrected chi connectivity index (χ1v) is 8.75. The van der Waals surface area contributed by atoms with Crippen LogP contribution in [0.1, 0.15) is 31.1 Å². The highest BCUT2D eigenvalue weighted by Gasteiger charge is 2.28. The van der Waals surface area contributed by atoms with E-state index in [9.17, 15) is 8.42 Å². The van der Waals surface area contributed by atoms with Crippen LogP contribution in [0.15, 0.2) is 16.3 Å². The number of nitrogens with zero attached hydrogens (tertiary/aromatic N) is 1. The van der Waals surface area contributed by atoms with Crippen LogP contribution in [0, 0.1) is 0 Å². The van der Waals surface area contributed by atoms with E-state index in [0.29, 0.717) is 24.5 Å². The van der Waals surface area contributed by atoms with Gasteiger partial charge in [-0.05, 0) is 30.8 Å². The first-order valence-electron chi connectivity index (χ1n) is 6.43. The maximum Gasteiger partial charge on any atom is 0.244 e. The van der Waals surface area contributed by atoms with Gasteiger partial charge in [-0.2, -0.15) is 4.31 Å². The third kappa shape index (κ3) is 2.93. The smallest absolute Gasteiger partial charge is 0.244 e. The van der Waals surface area contributed by atoms with Gasteiger partial charge in [0.15, 0.2) is 0 Å². The van der Waals surface area contributed by atoms with Gasteiger partial charge in [-0.25, -0.2) is 8.42 Å². The molecule has 2 rings (SSSR count). The summed E-state index contributed by atoms with van der Waals surface area (Å²) in [5, 5.41) is 5.06. The van der Waals surface area contributed by atoms with Crippen molar-refractivity contribution in [1.82, 2.24) is 9.62 Å². The van der Waals surface area contributed by atoms with Crippen molar-refractivity contribution in [2.45, 2.75) is 37.6 Å². The molecule has 1 aromatic heterocycles. The highest BCUT2D eigenvalue weighted by atomic mass is 32.2. The molecular formula is C12H20N2O2S2. The summed E-state index contributed by atoms with van der Waals surface area (Å²) >= 11 is 1.51. The monoisotopic (exact) mass is 288 g/mol. The Morgan fingerprint density at radius 3 is 2.72 bits per heavy atom. The SMILES string of the molecule is CCNCc1sccc1S(=O)(=O)N1CCCCC1. The molecule has 0 amide bonds. The fraction of sp³-hybridized carbons (Fsp3) is 0.667. The minimum absolute atomic E-state index is 0.496. The molecule has 1 fully saturated rings. The lowest BCUT2D eigenvalue weighted by atomic mass is 10.2. The maximum atomic E-state index is 12.5. The quantitative estimate of drug-likeness (QED) is 0.902. The average Bonchev–Trinajstić information content (AvgIpc) is 2.86. The van der Waals surface area contributed by atoms with Crippen LogP contribution in [0.5, 0.6) is 0 Å². The molecule has 4 nitrogen and oxygen atoms in total. The summed E-state index contributed by atoms with van der Waals surface area (Å²) in [7, 11) is -3.28. The standard InChI is InChI=1S/C12H20N2O2S2/c1-2-13-10-11-12(6-9-17-11)18(15,16)14-7-4-3-5-8-14/h6,9,13H,2-5,7-8,10H2,1H3. The van der Waals surface area contributed by atoms with Crippen LogP contribution in [0.3, 0.4) is 0 Å². The van der Waals surface area contributed by atoms with E-state index in [-0.39, 0.29) is 0 Å². The Bertz CT molecular complexity index is 476. The fourth-order valence-electron chi connectivity index (χ4n) is 2.17. The van der Waals surface area contributed by atoms with Gasteiger partial charge in [0.25, 0.3) is 0 Å². The van der Waals surface area contributed by atoms with Crippen LogP contribution in [-0.4, -0.2) is 32.4 Å². The van der Waals surface area contributed by atoms with Crippen LogP contribution in [0.4, 0.5) is 0 Å².